The molecule has 0 heteroatoms. The van der Waals surface area contributed by atoms with Crippen LogP contribution in [0.2, 0.25) is 0 Å². The molecule has 0 bridgehead atoms. The zero-order valence-corrected chi connectivity index (χ0v) is 12.3. The van der Waals surface area contributed by atoms with Gasteiger partial charge in [-0.15, -0.1) is 0 Å². The van der Waals surface area contributed by atoms with Crippen molar-refractivity contribution in [2.45, 2.75) is 34.1 Å². The van der Waals surface area contributed by atoms with Gasteiger partial charge in [0.25, 0.3) is 0 Å². The quantitative estimate of drug-likeness (QED) is 0.697. The fraction of sp³-hybridized carbons (Fsp3) is 0.263. The van der Waals surface area contributed by atoms with Crippen LogP contribution < -0.4 is 0 Å². The first-order valence-corrected chi connectivity index (χ1v) is 6.88. The van der Waals surface area contributed by atoms with Gasteiger partial charge in [-0.3, -0.25) is 0 Å². The molecule has 0 aromatic heterocycles. The first kappa shape index (κ1) is 13.6. The summed E-state index contributed by atoms with van der Waals surface area (Å²) in [6.07, 6.45) is 3.23. The van der Waals surface area contributed by atoms with Crippen molar-refractivity contribution in [3.63, 3.8) is 0 Å². The molecule has 0 spiro atoms. The van der Waals surface area contributed by atoms with E-state index in [0.29, 0.717) is 0 Å². The molecule has 98 valence electrons. The zero-order chi connectivity index (χ0) is 13.8. The van der Waals surface area contributed by atoms with Crippen molar-refractivity contribution in [1.82, 2.24) is 0 Å². The predicted octanol–water partition coefficient (Wildman–Crippen LogP) is 5.26. The molecule has 0 aliphatic carbocycles. The molecule has 0 fully saturated rings. The molecule has 0 aliphatic heterocycles. The number of allylic oxidation sites excluding steroid dienone is 2. The van der Waals surface area contributed by atoms with E-state index < -0.39 is 0 Å². The van der Waals surface area contributed by atoms with E-state index in [0.717, 1.165) is 6.42 Å². The highest BCUT2D eigenvalue weighted by Crippen LogP contribution is 2.22. The SMILES string of the molecule is CC=C(Cc1ccc(C)cc1)c1ccc(C)c(C)c1. The molecule has 0 radical (unpaired) electrons. The fourth-order valence-corrected chi connectivity index (χ4v) is 2.24. The lowest BCUT2D eigenvalue weighted by atomic mass is 9.95. The van der Waals surface area contributed by atoms with Gasteiger partial charge in [0.2, 0.25) is 0 Å². The van der Waals surface area contributed by atoms with Crippen LogP contribution >= 0.6 is 0 Å². The first-order chi connectivity index (χ1) is 9.10. The van der Waals surface area contributed by atoms with Crippen LogP contribution in [0.5, 0.6) is 0 Å². The van der Waals surface area contributed by atoms with Crippen LogP contribution in [-0.4, -0.2) is 0 Å². The topological polar surface area (TPSA) is 0 Å². The van der Waals surface area contributed by atoms with E-state index in [1.807, 2.05) is 0 Å². The summed E-state index contributed by atoms with van der Waals surface area (Å²) in [5, 5.41) is 0. The minimum atomic E-state index is 0.999. The van der Waals surface area contributed by atoms with E-state index in [2.05, 4.69) is 76.2 Å². The third-order valence-electron chi connectivity index (χ3n) is 3.74. The summed E-state index contributed by atoms with van der Waals surface area (Å²) in [6, 6.07) is 15.5. The van der Waals surface area contributed by atoms with Gasteiger partial charge in [-0.05, 0) is 61.9 Å². The Bertz CT molecular complexity index is 586. The van der Waals surface area contributed by atoms with Crippen LogP contribution in [0.4, 0.5) is 0 Å². The molecule has 0 heterocycles. The molecular formula is C19H22. The van der Waals surface area contributed by atoms with Gasteiger partial charge in [-0.2, -0.15) is 0 Å². The van der Waals surface area contributed by atoms with Gasteiger partial charge in [0, 0.05) is 0 Å². The predicted molar refractivity (Wildman–Crippen MR) is 84.5 cm³/mol. The second-order valence-corrected chi connectivity index (χ2v) is 5.28. The zero-order valence-electron chi connectivity index (χ0n) is 12.3. The largest absolute Gasteiger partial charge is 0.0835 e. The third kappa shape index (κ3) is 3.35. The molecule has 2 aromatic rings. The van der Waals surface area contributed by atoms with Crippen molar-refractivity contribution in [3.8, 4) is 0 Å². The Morgan fingerprint density at radius 3 is 2.16 bits per heavy atom. The second-order valence-electron chi connectivity index (χ2n) is 5.28. The lowest BCUT2D eigenvalue weighted by molar-refractivity contribution is 1.25. The van der Waals surface area contributed by atoms with Gasteiger partial charge in [0.15, 0.2) is 0 Å². The highest BCUT2D eigenvalue weighted by atomic mass is 14.1. The lowest BCUT2D eigenvalue weighted by Crippen LogP contribution is -1.93. The van der Waals surface area contributed by atoms with E-state index >= 15 is 0 Å². The van der Waals surface area contributed by atoms with Crippen molar-refractivity contribution in [2.75, 3.05) is 0 Å². The Balaban J connectivity index is 2.25. The number of benzene rings is 2. The molecule has 0 unspecified atom stereocenters. The van der Waals surface area contributed by atoms with Gasteiger partial charge in [0.1, 0.15) is 0 Å². The molecule has 0 amide bonds. The minimum absolute atomic E-state index is 0.999. The third-order valence-corrected chi connectivity index (χ3v) is 3.74. The van der Waals surface area contributed by atoms with E-state index in [9.17, 15) is 0 Å². The standard InChI is InChI=1S/C19H22/c1-5-18(13-17-9-6-14(2)7-10-17)19-11-8-15(3)16(4)12-19/h5-12H,13H2,1-4H3. The Morgan fingerprint density at radius 2 is 1.58 bits per heavy atom. The Morgan fingerprint density at radius 1 is 0.895 bits per heavy atom. The second kappa shape index (κ2) is 5.88. The molecular weight excluding hydrogens is 228 g/mol. The monoisotopic (exact) mass is 250 g/mol. The van der Waals surface area contributed by atoms with E-state index in [1.165, 1.54) is 33.4 Å². The molecule has 0 nitrogen and oxygen atoms in total. The molecule has 0 saturated carbocycles. The number of hydrogen-bond acceptors (Lipinski definition) is 0. The van der Waals surface area contributed by atoms with E-state index in [-0.39, 0.29) is 0 Å². The van der Waals surface area contributed by atoms with Crippen LogP contribution in [0.25, 0.3) is 5.57 Å². The maximum Gasteiger partial charge on any atom is -0.00231 e. The average Bonchev–Trinajstić information content (AvgIpc) is 2.41. The van der Waals surface area contributed by atoms with Gasteiger partial charge in [-0.25, -0.2) is 0 Å². The number of rotatable bonds is 3. The van der Waals surface area contributed by atoms with Crippen molar-refractivity contribution < 1.29 is 0 Å². The number of hydrogen-bond donors (Lipinski definition) is 0. The smallest absolute Gasteiger partial charge is 0.00231 e. The van der Waals surface area contributed by atoms with Crippen LogP contribution in [0.1, 0.15) is 34.7 Å². The van der Waals surface area contributed by atoms with Crippen molar-refractivity contribution in [2.24, 2.45) is 0 Å². The molecule has 19 heavy (non-hydrogen) atoms. The summed E-state index contributed by atoms with van der Waals surface area (Å²) >= 11 is 0. The highest BCUT2D eigenvalue weighted by Gasteiger charge is 2.04. The summed E-state index contributed by atoms with van der Waals surface area (Å²) in [4.78, 5) is 0. The van der Waals surface area contributed by atoms with Crippen LogP contribution in [0.15, 0.2) is 48.5 Å². The molecule has 2 aromatic carbocycles. The van der Waals surface area contributed by atoms with E-state index in [4.69, 9.17) is 0 Å². The molecule has 0 saturated heterocycles. The van der Waals surface area contributed by atoms with Crippen molar-refractivity contribution in [3.05, 3.63) is 76.4 Å². The van der Waals surface area contributed by atoms with Crippen LogP contribution in [-0.2, 0) is 6.42 Å². The van der Waals surface area contributed by atoms with Crippen LogP contribution in [0, 0.1) is 20.8 Å². The van der Waals surface area contributed by atoms with Gasteiger partial charge < -0.3 is 0 Å². The fourth-order valence-electron chi connectivity index (χ4n) is 2.24. The molecule has 2 rings (SSSR count). The van der Waals surface area contributed by atoms with Gasteiger partial charge in [-0.1, -0.05) is 54.1 Å². The Hall–Kier alpha value is -1.82. The van der Waals surface area contributed by atoms with Crippen molar-refractivity contribution >= 4 is 5.57 Å². The van der Waals surface area contributed by atoms with Crippen molar-refractivity contribution in [1.29, 1.82) is 0 Å². The normalized spacial score (nSPS) is 11.7. The van der Waals surface area contributed by atoms with Gasteiger partial charge in [0.05, 0.1) is 0 Å². The number of aryl methyl sites for hydroxylation is 3. The highest BCUT2D eigenvalue weighted by molar-refractivity contribution is 5.68. The minimum Gasteiger partial charge on any atom is -0.0835 e. The Labute approximate surface area is 116 Å². The maximum absolute atomic E-state index is 2.29. The summed E-state index contributed by atoms with van der Waals surface area (Å²) < 4.78 is 0. The summed E-state index contributed by atoms with van der Waals surface area (Å²) in [5.41, 5.74) is 8.14. The molecule has 0 N–H and O–H groups in total. The average molecular weight is 250 g/mol. The summed E-state index contributed by atoms with van der Waals surface area (Å²) in [6.45, 7) is 8.59. The Kier molecular flexibility index (Phi) is 4.21. The van der Waals surface area contributed by atoms with Gasteiger partial charge >= 0.3 is 0 Å². The summed E-state index contributed by atoms with van der Waals surface area (Å²) in [7, 11) is 0. The molecule has 0 aliphatic rings. The van der Waals surface area contributed by atoms with Crippen LogP contribution in [0.3, 0.4) is 0 Å². The first-order valence-electron chi connectivity index (χ1n) is 6.88. The maximum atomic E-state index is 2.29. The van der Waals surface area contributed by atoms with E-state index in [1.54, 1.807) is 0 Å². The lowest BCUT2D eigenvalue weighted by Gasteiger charge is -2.10. The molecule has 0 atom stereocenters. The summed E-state index contributed by atoms with van der Waals surface area (Å²) in [5.74, 6) is 0.